The average Bonchev–Trinajstić information content (AvgIpc) is 3.16. The van der Waals surface area contributed by atoms with Gasteiger partial charge in [-0.15, -0.1) is 11.3 Å². The topological polar surface area (TPSA) is 57.7 Å². The minimum absolute atomic E-state index is 0.0923. The fourth-order valence-electron chi connectivity index (χ4n) is 4.50. The SMILES string of the molecule is CC(C)CN1CCOC(CNC(=O)CN2CCC(c3nc4cc(Cl)ccc4s3)CC2)C1. The molecule has 1 atom stereocenters. The van der Waals surface area contributed by atoms with Crippen molar-refractivity contribution in [2.24, 2.45) is 5.92 Å². The molecule has 6 nitrogen and oxygen atoms in total. The van der Waals surface area contributed by atoms with Gasteiger partial charge in [-0.1, -0.05) is 25.4 Å². The molecule has 8 heteroatoms. The molecule has 31 heavy (non-hydrogen) atoms. The highest BCUT2D eigenvalue weighted by Crippen LogP contribution is 2.34. The zero-order chi connectivity index (χ0) is 21.8. The highest BCUT2D eigenvalue weighted by Gasteiger charge is 2.25. The van der Waals surface area contributed by atoms with Gasteiger partial charge in [-0.05, 0) is 50.0 Å². The van der Waals surface area contributed by atoms with Gasteiger partial charge in [-0.3, -0.25) is 14.6 Å². The molecule has 0 radical (unpaired) electrons. The van der Waals surface area contributed by atoms with E-state index in [0.29, 0.717) is 24.9 Å². The van der Waals surface area contributed by atoms with E-state index in [-0.39, 0.29) is 12.0 Å². The van der Waals surface area contributed by atoms with Crippen LogP contribution in [0.3, 0.4) is 0 Å². The number of piperidine rings is 1. The molecule has 1 N–H and O–H groups in total. The second kappa shape index (κ2) is 10.6. The summed E-state index contributed by atoms with van der Waals surface area (Å²) in [5.41, 5.74) is 0.992. The summed E-state index contributed by atoms with van der Waals surface area (Å²) < 4.78 is 7.03. The van der Waals surface area contributed by atoms with Crippen LogP contribution in [-0.2, 0) is 9.53 Å². The van der Waals surface area contributed by atoms with E-state index in [2.05, 4.69) is 35.0 Å². The van der Waals surface area contributed by atoms with Crippen molar-refractivity contribution in [3.05, 3.63) is 28.2 Å². The molecule has 1 aromatic carbocycles. The number of carbonyl (C=O) groups is 1. The third-order valence-corrected chi connectivity index (χ3v) is 7.48. The van der Waals surface area contributed by atoms with Crippen LogP contribution in [0.4, 0.5) is 0 Å². The van der Waals surface area contributed by atoms with Crippen molar-refractivity contribution in [1.29, 1.82) is 0 Å². The number of carbonyl (C=O) groups excluding carboxylic acids is 1. The summed E-state index contributed by atoms with van der Waals surface area (Å²) >= 11 is 7.86. The van der Waals surface area contributed by atoms with Crippen molar-refractivity contribution in [2.75, 3.05) is 52.4 Å². The molecule has 2 fully saturated rings. The number of likely N-dealkylation sites (tertiary alicyclic amines) is 1. The number of amides is 1. The van der Waals surface area contributed by atoms with E-state index in [4.69, 9.17) is 21.3 Å². The molecule has 170 valence electrons. The molecule has 2 aliphatic rings. The first-order chi connectivity index (χ1) is 15.0. The second-order valence-corrected chi connectivity index (χ2v) is 10.7. The summed E-state index contributed by atoms with van der Waals surface area (Å²) in [6.45, 7) is 11.1. The van der Waals surface area contributed by atoms with Gasteiger partial charge in [0.25, 0.3) is 0 Å². The summed E-state index contributed by atoms with van der Waals surface area (Å²) in [6, 6.07) is 5.91. The van der Waals surface area contributed by atoms with Crippen LogP contribution in [-0.4, -0.2) is 79.2 Å². The van der Waals surface area contributed by atoms with Crippen molar-refractivity contribution in [3.8, 4) is 0 Å². The fourth-order valence-corrected chi connectivity index (χ4v) is 5.79. The predicted molar refractivity (Wildman–Crippen MR) is 127 cm³/mol. The first kappa shape index (κ1) is 22.9. The Balaban J connectivity index is 1.19. The average molecular weight is 465 g/mol. The Labute approximate surface area is 193 Å². The fraction of sp³-hybridized carbons (Fsp3) is 0.652. The minimum atomic E-state index is 0.0923. The molecule has 0 spiro atoms. The summed E-state index contributed by atoms with van der Waals surface area (Å²) in [6.07, 6.45) is 2.17. The lowest BCUT2D eigenvalue weighted by molar-refractivity contribution is -0.123. The smallest absolute Gasteiger partial charge is 0.234 e. The zero-order valence-electron chi connectivity index (χ0n) is 18.5. The van der Waals surface area contributed by atoms with Crippen LogP contribution in [0.1, 0.15) is 37.6 Å². The third kappa shape index (κ3) is 6.39. The van der Waals surface area contributed by atoms with Gasteiger partial charge in [0.2, 0.25) is 5.91 Å². The van der Waals surface area contributed by atoms with Gasteiger partial charge >= 0.3 is 0 Å². The molecule has 1 unspecified atom stereocenters. The highest BCUT2D eigenvalue weighted by atomic mass is 35.5. The molecule has 0 aliphatic carbocycles. The number of ether oxygens (including phenoxy) is 1. The largest absolute Gasteiger partial charge is 0.374 e. The number of hydrogen-bond acceptors (Lipinski definition) is 6. The summed E-state index contributed by atoms with van der Waals surface area (Å²) in [5, 5.41) is 5.01. The Morgan fingerprint density at radius 3 is 2.87 bits per heavy atom. The number of aromatic nitrogens is 1. The maximum Gasteiger partial charge on any atom is 0.234 e. The number of morpholine rings is 1. The zero-order valence-corrected chi connectivity index (χ0v) is 20.1. The molecular weight excluding hydrogens is 432 g/mol. The Morgan fingerprint density at radius 1 is 1.29 bits per heavy atom. The predicted octanol–water partition coefficient (Wildman–Crippen LogP) is 3.60. The minimum Gasteiger partial charge on any atom is -0.374 e. The van der Waals surface area contributed by atoms with Crippen molar-refractivity contribution in [1.82, 2.24) is 20.1 Å². The Morgan fingerprint density at radius 2 is 2.10 bits per heavy atom. The number of halogens is 1. The molecule has 4 rings (SSSR count). The van der Waals surface area contributed by atoms with Crippen LogP contribution in [0.25, 0.3) is 10.2 Å². The van der Waals surface area contributed by atoms with Gasteiger partial charge in [0, 0.05) is 37.1 Å². The third-order valence-electron chi connectivity index (χ3n) is 6.04. The van der Waals surface area contributed by atoms with Gasteiger partial charge in [0.15, 0.2) is 0 Å². The Kier molecular flexibility index (Phi) is 7.82. The van der Waals surface area contributed by atoms with E-state index in [1.165, 1.54) is 9.71 Å². The molecular formula is C23H33ClN4O2S. The van der Waals surface area contributed by atoms with E-state index in [0.717, 1.165) is 62.7 Å². The number of rotatable bonds is 7. The lowest BCUT2D eigenvalue weighted by Gasteiger charge is -2.34. The standard InChI is InChI=1S/C23H33ClN4O2S/c1-16(2)13-28-9-10-30-19(14-28)12-25-22(29)15-27-7-5-17(6-8-27)23-26-20-11-18(24)3-4-21(20)31-23/h3-4,11,16-17,19H,5-10,12-15H2,1-2H3,(H,25,29). The van der Waals surface area contributed by atoms with Crippen LogP contribution < -0.4 is 5.32 Å². The van der Waals surface area contributed by atoms with Crippen molar-refractivity contribution >= 4 is 39.1 Å². The molecule has 1 amide bonds. The van der Waals surface area contributed by atoms with Crippen LogP contribution in [0.5, 0.6) is 0 Å². The first-order valence-electron chi connectivity index (χ1n) is 11.4. The van der Waals surface area contributed by atoms with Gasteiger partial charge in [-0.2, -0.15) is 0 Å². The van der Waals surface area contributed by atoms with Crippen LogP contribution in [0.15, 0.2) is 18.2 Å². The molecule has 1 aromatic heterocycles. The van der Waals surface area contributed by atoms with Crippen LogP contribution in [0, 0.1) is 5.92 Å². The summed E-state index contributed by atoms with van der Waals surface area (Å²) in [7, 11) is 0. The molecule has 2 aromatic rings. The Bertz CT molecular complexity index is 882. The van der Waals surface area contributed by atoms with E-state index in [1.807, 2.05) is 12.1 Å². The van der Waals surface area contributed by atoms with Crippen molar-refractivity contribution in [3.63, 3.8) is 0 Å². The lowest BCUT2D eigenvalue weighted by atomic mass is 9.97. The van der Waals surface area contributed by atoms with E-state index in [1.54, 1.807) is 11.3 Å². The number of hydrogen-bond donors (Lipinski definition) is 1. The normalized spacial score (nSPS) is 21.7. The second-order valence-electron chi connectivity index (χ2n) is 9.16. The number of nitrogens with zero attached hydrogens (tertiary/aromatic N) is 3. The first-order valence-corrected chi connectivity index (χ1v) is 12.5. The highest BCUT2D eigenvalue weighted by molar-refractivity contribution is 7.18. The number of fused-ring (bicyclic) bond motifs is 1. The number of benzene rings is 1. The van der Waals surface area contributed by atoms with E-state index < -0.39 is 0 Å². The number of nitrogens with one attached hydrogen (secondary N) is 1. The molecule has 2 aliphatic heterocycles. The van der Waals surface area contributed by atoms with Crippen LogP contribution in [0.2, 0.25) is 5.02 Å². The van der Waals surface area contributed by atoms with Gasteiger partial charge in [-0.25, -0.2) is 4.98 Å². The number of thiazole rings is 1. The van der Waals surface area contributed by atoms with Gasteiger partial charge in [0.1, 0.15) is 0 Å². The van der Waals surface area contributed by atoms with Gasteiger partial charge in [0.05, 0.1) is 34.5 Å². The maximum atomic E-state index is 12.5. The quantitative estimate of drug-likeness (QED) is 0.678. The molecule has 0 saturated carbocycles. The summed E-state index contributed by atoms with van der Waals surface area (Å²) in [4.78, 5) is 22.0. The lowest BCUT2D eigenvalue weighted by Crippen LogP contribution is -2.49. The Hall–Kier alpha value is -1.25. The van der Waals surface area contributed by atoms with E-state index in [9.17, 15) is 4.79 Å². The van der Waals surface area contributed by atoms with Gasteiger partial charge < -0.3 is 10.1 Å². The van der Waals surface area contributed by atoms with E-state index >= 15 is 0 Å². The van der Waals surface area contributed by atoms with Crippen LogP contribution >= 0.6 is 22.9 Å². The van der Waals surface area contributed by atoms with Crippen molar-refractivity contribution < 1.29 is 9.53 Å². The monoisotopic (exact) mass is 464 g/mol. The molecule has 3 heterocycles. The maximum absolute atomic E-state index is 12.5. The summed E-state index contributed by atoms with van der Waals surface area (Å²) in [5.74, 6) is 1.22. The van der Waals surface area contributed by atoms with Crippen molar-refractivity contribution in [2.45, 2.75) is 38.7 Å². The molecule has 0 bridgehead atoms. The molecule has 2 saturated heterocycles.